The highest BCUT2D eigenvalue weighted by Crippen LogP contribution is 2.24. The lowest BCUT2D eigenvalue weighted by atomic mass is 9.93. The third kappa shape index (κ3) is 2.47. The van der Waals surface area contributed by atoms with Crippen LogP contribution >= 0.6 is 0 Å². The molecule has 1 aliphatic rings. The van der Waals surface area contributed by atoms with E-state index in [4.69, 9.17) is 14.6 Å². The lowest BCUT2D eigenvalue weighted by molar-refractivity contribution is -0.246. The summed E-state index contributed by atoms with van der Waals surface area (Å²) in [5.74, 6) is 0. The van der Waals surface area contributed by atoms with E-state index in [0.717, 1.165) is 0 Å². The summed E-state index contributed by atoms with van der Waals surface area (Å²) in [6.45, 7) is 1.14. The molecule has 4 N–H and O–H groups in total. The van der Waals surface area contributed by atoms with Crippen molar-refractivity contribution in [2.45, 2.75) is 43.5 Å². The van der Waals surface area contributed by atoms with Gasteiger partial charge in [-0.1, -0.05) is 0 Å². The van der Waals surface area contributed by atoms with Gasteiger partial charge in [-0.15, -0.1) is 0 Å². The van der Waals surface area contributed by atoms with Crippen LogP contribution in [0.15, 0.2) is 0 Å². The first-order valence-electron chi connectivity index (χ1n) is 4.86. The third-order valence-corrected chi connectivity index (χ3v) is 2.70. The molecule has 0 aromatic carbocycles. The molecule has 90 valence electrons. The number of aliphatic hydroxyl groups excluding tert-OH is 4. The minimum Gasteiger partial charge on any atom is -0.394 e. The number of aliphatic hydroxyl groups is 4. The van der Waals surface area contributed by atoms with Gasteiger partial charge in [0.1, 0.15) is 30.5 Å². The largest absolute Gasteiger partial charge is 0.394 e. The molecule has 0 bridgehead atoms. The number of hydrogen-bond donors (Lipinski definition) is 4. The maximum absolute atomic E-state index is 9.67. The molecule has 1 fully saturated rings. The second kappa shape index (κ2) is 5.20. The van der Waals surface area contributed by atoms with Crippen LogP contribution in [-0.2, 0) is 9.47 Å². The van der Waals surface area contributed by atoms with Crippen LogP contribution in [0.3, 0.4) is 0 Å². The van der Waals surface area contributed by atoms with Gasteiger partial charge in [-0.05, 0) is 6.92 Å². The second-order valence-corrected chi connectivity index (χ2v) is 3.74. The summed E-state index contributed by atoms with van der Waals surface area (Å²) in [5.41, 5.74) is 0. The molecule has 1 heterocycles. The molecular weight excluding hydrogens is 204 g/mol. The molecule has 1 saturated heterocycles. The smallest absolute Gasteiger partial charge is 0.115 e. The fourth-order valence-electron chi connectivity index (χ4n) is 1.83. The Balaban J connectivity index is 2.72. The number of methoxy groups -OCH3 is 1. The highest BCUT2D eigenvalue weighted by Gasteiger charge is 2.45. The van der Waals surface area contributed by atoms with Crippen LogP contribution in [0, 0.1) is 0 Å². The molecule has 1 aliphatic heterocycles. The van der Waals surface area contributed by atoms with Crippen LogP contribution in [0.1, 0.15) is 6.92 Å². The van der Waals surface area contributed by atoms with Crippen molar-refractivity contribution >= 4 is 0 Å². The molecule has 15 heavy (non-hydrogen) atoms. The van der Waals surface area contributed by atoms with Crippen molar-refractivity contribution in [1.82, 2.24) is 0 Å². The highest BCUT2D eigenvalue weighted by molar-refractivity contribution is 4.94. The summed E-state index contributed by atoms with van der Waals surface area (Å²) < 4.78 is 10.2. The van der Waals surface area contributed by atoms with Crippen LogP contribution in [0.4, 0.5) is 0 Å². The van der Waals surface area contributed by atoms with Crippen LogP contribution in [0.2, 0.25) is 0 Å². The van der Waals surface area contributed by atoms with Gasteiger partial charge < -0.3 is 29.9 Å². The van der Waals surface area contributed by atoms with Crippen LogP contribution < -0.4 is 0 Å². The zero-order valence-corrected chi connectivity index (χ0v) is 8.78. The molecular formula is C9H18O6. The lowest BCUT2D eigenvalue weighted by Gasteiger charge is -2.42. The van der Waals surface area contributed by atoms with Gasteiger partial charge in [-0.3, -0.25) is 0 Å². The van der Waals surface area contributed by atoms with E-state index in [1.165, 1.54) is 7.11 Å². The van der Waals surface area contributed by atoms with Gasteiger partial charge in [-0.25, -0.2) is 0 Å². The SMILES string of the molecule is COC1[C@@H](O)[C@H](O)C([C@H](O)CO)O[C@@H]1C. The van der Waals surface area contributed by atoms with Gasteiger partial charge in [0.05, 0.1) is 12.7 Å². The molecule has 6 nitrogen and oxygen atoms in total. The van der Waals surface area contributed by atoms with E-state index in [-0.39, 0.29) is 0 Å². The van der Waals surface area contributed by atoms with Crippen molar-refractivity contribution < 1.29 is 29.9 Å². The molecule has 0 radical (unpaired) electrons. The molecule has 0 amide bonds. The maximum Gasteiger partial charge on any atom is 0.115 e. The fourth-order valence-corrected chi connectivity index (χ4v) is 1.83. The summed E-state index contributed by atoms with van der Waals surface area (Å²) in [5, 5.41) is 37.4. The van der Waals surface area contributed by atoms with E-state index in [1.807, 2.05) is 0 Å². The summed E-state index contributed by atoms with van der Waals surface area (Å²) >= 11 is 0. The van der Waals surface area contributed by atoms with Gasteiger partial charge in [0, 0.05) is 7.11 Å². The predicted molar refractivity (Wildman–Crippen MR) is 50.2 cm³/mol. The lowest BCUT2D eigenvalue weighted by Crippen LogP contribution is -2.60. The number of rotatable bonds is 3. The Morgan fingerprint density at radius 1 is 1.33 bits per heavy atom. The summed E-state index contributed by atoms with van der Waals surface area (Å²) in [6, 6.07) is 0. The van der Waals surface area contributed by atoms with E-state index >= 15 is 0 Å². The van der Waals surface area contributed by atoms with Crippen molar-refractivity contribution in [3.05, 3.63) is 0 Å². The first-order valence-corrected chi connectivity index (χ1v) is 4.86. The minimum absolute atomic E-state index is 0.459. The molecule has 0 aliphatic carbocycles. The quantitative estimate of drug-likeness (QED) is 0.435. The van der Waals surface area contributed by atoms with Gasteiger partial charge >= 0.3 is 0 Å². The normalized spacial score (nSPS) is 44.0. The average molecular weight is 222 g/mol. The maximum atomic E-state index is 9.67. The van der Waals surface area contributed by atoms with Crippen LogP contribution in [0.25, 0.3) is 0 Å². The van der Waals surface area contributed by atoms with E-state index in [1.54, 1.807) is 6.92 Å². The van der Waals surface area contributed by atoms with Crippen molar-refractivity contribution in [3.63, 3.8) is 0 Å². The zero-order valence-electron chi connectivity index (χ0n) is 8.78. The van der Waals surface area contributed by atoms with E-state index in [2.05, 4.69) is 0 Å². The van der Waals surface area contributed by atoms with E-state index in [0.29, 0.717) is 0 Å². The standard InChI is InChI=1S/C9H18O6/c1-4-8(14-2)6(12)7(13)9(15-4)5(11)3-10/h4-13H,3H2,1-2H3/t4-,5-,6+,7+,8?,9?/m1/s1. The molecule has 0 aromatic rings. The van der Waals surface area contributed by atoms with Gasteiger partial charge in [0.25, 0.3) is 0 Å². The van der Waals surface area contributed by atoms with Crippen molar-refractivity contribution in [1.29, 1.82) is 0 Å². The number of hydrogen-bond acceptors (Lipinski definition) is 6. The minimum atomic E-state index is -1.27. The third-order valence-electron chi connectivity index (χ3n) is 2.70. The van der Waals surface area contributed by atoms with Gasteiger partial charge in [0.2, 0.25) is 0 Å². The van der Waals surface area contributed by atoms with E-state index in [9.17, 15) is 15.3 Å². The fraction of sp³-hybridized carbons (Fsp3) is 1.00. The van der Waals surface area contributed by atoms with E-state index < -0.39 is 43.2 Å². The Labute approximate surface area is 88.1 Å². The predicted octanol–water partition coefficient (Wildman–Crippen LogP) is -2.14. The van der Waals surface area contributed by atoms with Gasteiger partial charge in [-0.2, -0.15) is 0 Å². The summed E-state index contributed by atoms with van der Waals surface area (Å²) in [7, 11) is 1.41. The van der Waals surface area contributed by atoms with Gasteiger partial charge in [0.15, 0.2) is 0 Å². The van der Waals surface area contributed by atoms with Crippen LogP contribution in [-0.4, -0.2) is 70.8 Å². The molecule has 6 heteroatoms. The Bertz CT molecular complexity index is 199. The van der Waals surface area contributed by atoms with Crippen molar-refractivity contribution in [2.75, 3.05) is 13.7 Å². The summed E-state index contributed by atoms with van der Waals surface area (Å²) in [6.07, 6.45) is -5.71. The molecule has 0 aromatic heterocycles. The molecule has 0 spiro atoms. The topological polar surface area (TPSA) is 99.4 Å². The Morgan fingerprint density at radius 2 is 1.93 bits per heavy atom. The Kier molecular flexibility index (Phi) is 4.45. The average Bonchev–Trinajstić information content (AvgIpc) is 2.23. The first-order chi connectivity index (χ1) is 7.02. The van der Waals surface area contributed by atoms with Crippen molar-refractivity contribution in [2.24, 2.45) is 0 Å². The summed E-state index contributed by atoms with van der Waals surface area (Å²) in [4.78, 5) is 0. The Morgan fingerprint density at radius 3 is 2.40 bits per heavy atom. The number of ether oxygens (including phenoxy) is 2. The molecule has 0 saturated carbocycles. The highest BCUT2D eigenvalue weighted by atomic mass is 16.6. The zero-order chi connectivity index (χ0) is 11.6. The van der Waals surface area contributed by atoms with Crippen LogP contribution in [0.5, 0.6) is 0 Å². The molecule has 1 rings (SSSR count). The monoisotopic (exact) mass is 222 g/mol. The van der Waals surface area contributed by atoms with Crippen molar-refractivity contribution in [3.8, 4) is 0 Å². The molecule has 6 atom stereocenters. The first kappa shape index (κ1) is 12.8. The molecule has 2 unspecified atom stereocenters. The Hall–Kier alpha value is -0.240. The second-order valence-electron chi connectivity index (χ2n) is 3.74.